The lowest BCUT2D eigenvalue weighted by Crippen LogP contribution is -2.38. The molecule has 2 N–H and O–H groups in total. The van der Waals surface area contributed by atoms with E-state index < -0.39 is 0 Å². The van der Waals surface area contributed by atoms with Crippen molar-refractivity contribution >= 4 is 63.2 Å². The van der Waals surface area contributed by atoms with Crippen molar-refractivity contribution in [3.63, 3.8) is 0 Å². The Morgan fingerprint density at radius 3 is 2.41 bits per heavy atom. The minimum atomic E-state index is -0.365. The number of para-hydroxylation sites is 1. The zero-order valence-corrected chi connectivity index (χ0v) is 28.8. The number of carbonyl (C=O) groups excluding carboxylic acids is 3. The lowest BCUT2D eigenvalue weighted by molar-refractivity contribution is -0.124. The molecule has 5 rings (SSSR count). The van der Waals surface area contributed by atoms with Gasteiger partial charge < -0.3 is 25.0 Å². The standard InChI is InChI=1S/C37H35Cl2N5O5/c1-23-19-33(48-21-27-7-4-5-18-40-27)28-8-6-9-32(37(28)42-23)49-22-29-30(38)15-16-31(36(29)39)44(3)35(47)20-41-34(46)17-12-25-10-13-26(14-11-25)43-24(2)45/h4-11,13-16,18-19H,12,17,20-22H2,1-3H3,(H,41,46)(H,43,45). The molecule has 0 atom stereocenters. The Morgan fingerprint density at radius 1 is 0.898 bits per heavy atom. The molecule has 3 amide bonds. The topological polar surface area (TPSA) is 123 Å². The number of ether oxygens (including phenoxy) is 2. The molecule has 3 aromatic carbocycles. The number of rotatable bonds is 13. The second kappa shape index (κ2) is 16.3. The van der Waals surface area contributed by atoms with E-state index in [1.807, 2.05) is 61.5 Å². The molecule has 0 radical (unpaired) electrons. The highest BCUT2D eigenvalue weighted by atomic mass is 35.5. The Kier molecular flexibility index (Phi) is 11.7. The van der Waals surface area contributed by atoms with Crippen molar-refractivity contribution in [3.8, 4) is 11.5 Å². The summed E-state index contributed by atoms with van der Waals surface area (Å²) in [5, 5.41) is 6.78. The van der Waals surface area contributed by atoms with Crippen LogP contribution in [0.1, 0.15) is 35.9 Å². The average molecular weight is 701 g/mol. The van der Waals surface area contributed by atoms with Crippen LogP contribution in [0.2, 0.25) is 10.0 Å². The lowest BCUT2D eigenvalue weighted by atomic mass is 10.1. The fourth-order valence-corrected chi connectivity index (χ4v) is 5.65. The van der Waals surface area contributed by atoms with E-state index in [1.54, 1.807) is 37.5 Å². The van der Waals surface area contributed by atoms with E-state index in [0.717, 1.165) is 22.3 Å². The first-order valence-corrected chi connectivity index (χ1v) is 16.3. The number of hydrogen-bond donors (Lipinski definition) is 2. The summed E-state index contributed by atoms with van der Waals surface area (Å²) in [5.74, 6) is 0.376. The number of hydrogen-bond acceptors (Lipinski definition) is 7. The van der Waals surface area contributed by atoms with Crippen LogP contribution in [0.15, 0.2) is 85.1 Å². The Labute approximate surface area is 294 Å². The summed E-state index contributed by atoms with van der Waals surface area (Å²) in [6.07, 6.45) is 2.40. The molecule has 0 unspecified atom stereocenters. The quantitative estimate of drug-likeness (QED) is 0.135. The van der Waals surface area contributed by atoms with E-state index in [1.165, 1.54) is 11.8 Å². The molecule has 0 bridgehead atoms. The van der Waals surface area contributed by atoms with Crippen LogP contribution in [-0.2, 0) is 34.0 Å². The van der Waals surface area contributed by atoms with Gasteiger partial charge >= 0.3 is 0 Å². The van der Waals surface area contributed by atoms with Gasteiger partial charge in [0.2, 0.25) is 17.7 Å². The van der Waals surface area contributed by atoms with Crippen molar-refractivity contribution in [2.24, 2.45) is 0 Å². The molecule has 49 heavy (non-hydrogen) atoms. The molecule has 12 heteroatoms. The molecule has 0 saturated carbocycles. The van der Waals surface area contributed by atoms with Crippen molar-refractivity contribution < 1.29 is 23.9 Å². The van der Waals surface area contributed by atoms with Crippen LogP contribution < -0.4 is 25.0 Å². The Bertz CT molecular complexity index is 1970. The third-order valence-electron chi connectivity index (χ3n) is 7.62. The highest BCUT2D eigenvalue weighted by molar-refractivity contribution is 6.38. The second-order valence-corrected chi connectivity index (χ2v) is 12.1. The Balaban J connectivity index is 1.21. The van der Waals surface area contributed by atoms with Gasteiger partial charge in [0, 0.05) is 60.0 Å². The summed E-state index contributed by atoms with van der Waals surface area (Å²) in [6, 6.07) is 23.6. The van der Waals surface area contributed by atoms with Crippen LogP contribution in [0, 0.1) is 6.92 Å². The van der Waals surface area contributed by atoms with Crippen molar-refractivity contribution in [2.75, 3.05) is 23.8 Å². The summed E-state index contributed by atoms with van der Waals surface area (Å²) in [5.41, 5.74) is 4.69. The number of anilines is 2. The van der Waals surface area contributed by atoms with Crippen molar-refractivity contribution in [2.45, 2.75) is 39.9 Å². The third kappa shape index (κ3) is 9.25. The summed E-state index contributed by atoms with van der Waals surface area (Å²) in [6.45, 7) is 3.41. The molecule has 0 spiro atoms. The fourth-order valence-electron chi connectivity index (χ4n) is 5.04. The maximum absolute atomic E-state index is 13.1. The molecule has 0 aliphatic rings. The van der Waals surface area contributed by atoms with E-state index in [-0.39, 0.29) is 42.3 Å². The highest BCUT2D eigenvalue weighted by Crippen LogP contribution is 2.36. The molecule has 10 nitrogen and oxygen atoms in total. The lowest BCUT2D eigenvalue weighted by Gasteiger charge is -2.21. The SMILES string of the molecule is CC(=O)Nc1ccc(CCC(=O)NCC(=O)N(C)c2ccc(Cl)c(COc3cccc4c(OCc5ccccn5)cc(C)nc34)c2Cl)cc1. The van der Waals surface area contributed by atoms with E-state index in [4.69, 9.17) is 37.7 Å². The van der Waals surface area contributed by atoms with Gasteiger partial charge in [-0.05, 0) is 67.4 Å². The number of aryl methyl sites for hydroxylation is 2. The van der Waals surface area contributed by atoms with Crippen molar-refractivity contribution in [1.29, 1.82) is 0 Å². The minimum Gasteiger partial charge on any atom is -0.487 e. The first-order chi connectivity index (χ1) is 23.6. The van der Waals surface area contributed by atoms with Crippen LogP contribution in [0.3, 0.4) is 0 Å². The van der Waals surface area contributed by atoms with E-state index in [2.05, 4.69) is 15.6 Å². The number of halogens is 2. The monoisotopic (exact) mass is 699 g/mol. The predicted octanol–water partition coefficient (Wildman–Crippen LogP) is 7.07. The van der Waals surface area contributed by atoms with Gasteiger partial charge in [0.1, 0.15) is 30.2 Å². The molecule has 2 aromatic heterocycles. The number of likely N-dealkylation sites (N-methyl/N-ethyl adjacent to an activating group) is 1. The molecule has 5 aromatic rings. The van der Waals surface area contributed by atoms with Crippen LogP contribution in [0.5, 0.6) is 11.5 Å². The van der Waals surface area contributed by atoms with Gasteiger partial charge in [-0.15, -0.1) is 0 Å². The number of fused-ring (bicyclic) bond motifs is 1. The van der Waals surface area contributed by atoms with Gasteiger partial charge in [0.05, 0.1) is 22.9 Å². The molecule has 0 saturated heterocycles. The van der Waals surface area contributed by atoms with Gasteiger partial charge in [-0.25, -0.2) is 4.98 Å². The summed E-state index contributed by atoms with van der Waals surface area (Å²) in [4.78, 5) is 47.2. The van der Waals surface area contributed by atoms with Crippen LogP contribution in [-0.4, -0.2) is 41.3 Å². The van der Waals surface area contributed by atoms with Crippen LogP contribution in [0.25, 0.3) is 10.9 Å². The number of amides is 3. The number of nitrogens with zero attached hydrogens (tertiary/aromatic N) is 3. The van der Waals surface area contributed by atoms with Gasteiger partial charge in [-0.3, -0.25) is 19.4 Å². The highest BCUT2D eigenvalue weighted by Gasteiger charge is 2.20. The second-order valence-electron chi connectivity index (χ2n) is 11.3. The minimum absolute atomic E-state index is 0.00886. The maximum Gasteiger partial charge on any atom is 0.246 e. The molecule has 0 aliphatic carbocycles. The predicted molar refractivity (Wildman–Crippen MR) is 191 cm³/mol. The normalized spacial score (nSPS) is 10.8. The number of nitrogens with one attached hydrogen (secondary N) is 2. The molecular formula is C37H35Cl2N5O5. The first kappa shape index (κ1) is 35.1. The molecule has 0 aliphatic heterocycles. The van der Waals surface area contributed by atoms with Gasteiger partial charge in [-0.2, -0.15) is 0 Å². The average Bonchev–Trinajstić information content (AvgIpc) is 3.09. The van der Waals surface area contributed by atoms with Gasteiger partial charge in [-0.1, -0.05) is 47.5 Å². The van der Waals surface area contributed by atoms with Gasteiger partial charge in [0.25, 0.3) is 0 Å². The first-order valence-electron chi connectivity index (χ1n) is 15.5. The molecule has 252 valence electrons. The smallest absolute Gasteiger partial charge is 0.246 e. The van der Waals surface area contributed by atoms with E-state index in [9.17, 15) is 14.4 Å². The third-order valence-corrected chi connectivity index (χ3v) is 8.40. The molecule has 2 heterocycles. The number of pyridine rings is 2. The zero-order valence-electron chi connectivity index (χ0n) is 27.3. The maximum atomic E-state index is 13.1. The van der Waals surface area contributed by atoms with Crippen molar-refractivity contribution in [1.82, 2.24) is 15.3 Å². The van der Waals surface area contributed by atoms with E-state index >= 15 is 0 Å². The fraction of sp³-hybridized carbons (Fsp3) is 0.216. The largest absolute Gasteiger partial charge is 0.487 e. The number of carbonyl (C=O) groups is 3. The summed E-state index contributed by atoms with van der Waals surface area (Å²) >= 11 is 13.4. The van der Waals surface area contributed by atoms with Crippen LogP contribution >= 0.6 is 23.2 Å². The Hall–Kier alpha value is -5.19. The van der Waals surface area contributed by atoms with Crippen molar-refractivity contribution in [3.05, 3.63) is 118 Å². The molecule has 0 fully saturated rings. The number of benzene rings is 3. The van der Waals surface area contributed by atoms with Crippen LogP contribution in [0.4, 0.5) is 11.4 Å². The summed E-state index contributed by atoms with van der Waals surface area (Å²) < 4.78 is 12.3. The Morgan fingerprint density at radius 2 is 1.67 bits per heavy atom. The molecular weight excluding hydrogens is 665 g/mol. The van der Waals surface area contributed by atoms with Gasteiger partial charge in [0.15, 0.2) is 0 Å². The zero-order chi connectivity index (χ0) is 34.9. The number of aromatic nitrogens is 2. The summed E-state index contributed by atoms with van der Waals surface area (Å²) in [7, 11) is 1.58. The van der Waals surface area contributed by atoms with E-state index in [0.29, 0.717) is 52.0 Å².